The molecule has 0 aliphatic carbocycles. The lowest BCUT2D eigenvalue weighted by atomic mass is 10.3. The van der Waals surface area contributed by atoms with Gasteiger partial charge in [-0.05, 0) is 0 Å². The van der Waals surface area contributed by atoms with Crippen LogP contribution in [0.1, 0.15) is 6.42 Å². The first-order chi connectivity index (χ1) is 8.74. The zero-order valence-electron chi connectivity index (χ0n) is 10.6. The highest BCUT2D eigenvalue weighted by molar-refractivity contribution is 5.80. The Labute approximate surface area is 107 Å². The second-order valence-corrected chi connectivity index (χ2v) is 4.01. The van der Waals surface area contributed by atoms with Crippen molar-refractivity contribution in [1.29, 1.82) is 0 Å². The van der Waals surface area contributed by atoms with Gasteiger partial charge in [-0.1, -0.05) is 6.08 Å². The molecule has 0 bridgehead atoms. The maximum absolute atomic E-state index is 11.7. The molecule has 1 rings (SSSR count). The van der Waals surface area contributed by atoms with Crippen molar-refractivity contribution in [2.24, 2.45) is 0 Å². The average Bonchev–Trinajstić information content (AvgIpc) is 2.40. The molecular formula is C12H21N3O3. The van der Waals surface area contributed by atoms with Crippen LogP contribution in [0.3, 0.4) is 0 Å². The summed E-state index contributed by atoms with van der Waals surface area (Å²) in [5.74, 6) is -0.0377. The van der Waals surface area contributed by atoms with E-state index in [9.17, 15) is 9.59 Å². The van der Waals surface area contributed by atoms with Crippen LogP contribution in [-0.2, 0) is 14.3 Å². The van der Waals surface area contributed by atoms with Crippen LogP contribution < -0.4 is 10.6 Å². The van der Waals surface area contributed by atoms with E-state index < -0.39 is 0 Å². The van der Waals surface area contributed by atoms with Crippen molar-refractivity contribution in [2.45, 2.75) is 6.42 Å². The van der Waals surface area contributed by atoms with Crippen molar-refractivity contribution in [3.8, 4) is 0 Å². The molecule has 1 heterocycles. The van der Waals surface area contributed by atoms with Gasteiger partial charge in [0.25, 0.3) is 0 Å². The molecule has 102 valence electrons. The Bertz CT molecular complexity index is 288. The van der Waals surface area contributed by atoms with Gasteiger partial charge >= 0.3 is 0 Å². The quantitative estimate of drug-likeness (QED) is 0.458. The zero-order valence-corrected chi connectivity index (χ0v) is 10.6. The average molecular weight is 255 g/mol. The first-order valence-corrected chi connectivity index (χ1v) is 6.18. The lowest BCUT2D eigenvalue weighted by Crippen LogP contribution is -2.42. The lowest BCUT2D eigenvalue weighted by Gasteiger charge is -2.26. The molecule has 18 heavy (non-hydrogen) atoms. The highest BCUT2D eigenvalue weighted by Gasteiger charge is 2.16. The van der Waals surface area contributed by atoms with Crippen LogP contribution in [0.5, 0.6) is 0 Å². The normalized spacial score (nSPS) is 15.2. The van der Waals surface area contributed by atoms with Gasteiger partial charge in [-0.2, -0.15) is 0 Å². The largest absolute Gasteiger partial charge is 0.378 e. The predicted octanol–water partition coefficient (Wildman–Crippen LogP) is -0.873. The van der Waals surface area contributed by atoms with E-state index in [-0.39, 0.29) is 18.4 Å². The molecule has 0 spiro atoms. The predicted molar refractivity (Wildman–Crippen MR) is 68.1 cm³/mol. The number of carbonyl (C=O) groups is 2. The molecule has 0 aromatic rings. The fraction of sp³-hybridized carbons (Fsp3) is 0.667. The van der Waals surface area contributed by atoms with Crippen molar-refractivity contribution in [2.75, 3.05) is 45.9 Å². The molecule has 1 aliphatic heterocycles. The van der Waals surface area contributed by atoms with Gasteiger partial charge in [0.2, 0.25) is 11.8 Å². The van der Waals surface area contributed by atoms with Crippen LogP contribution >= 0.6 is 0 Å². The van der Waals surface area contributed by atoms with Gasteiger partial charge in [0, 0.05) is 32.6 Å². The Kier molecular flexibility index (Phi) is 7.05. The third kappa shape index (κ3) is 5.79. The first-order valence-electron chi connectivity index (χ1n) is 6.18. The van der Waals surface area contributed by atoms with E-state index in [0.717, 1.165) is 0 Å². The van der Waals surface area contributed by atoms with Gasteiger partial charge in [-0.15, -0.1) is 6.58 Å². The summed E-state index contributed by atoms with van der Waals surface area (Å²) in [4.78, 5) is 24.8. The minimum atomic E-state index is -0.105. The molecule has 1 aliphatic rings. The van der Waals surface area contributed by atoms with Crippen molar-refractivity contribution >= 4 is 11.8 Å². The van der Waals surface area contributed by atoms with Gasteiger partial charge in [-0.3, -0.25) is 9.59 Å². The summed E-state index contributed by atoms with van der Waals surface area (Å²) in [6, 6.07) is 0. The summed E-state index contributed by atoms with van der Waals surface area (Å²) in [5.41, 5.74) is 0. The highest BCUT2D eigenvalue weighted by atomic mass is 16.5. The number of ether oxygens (including phenoxy) is 1. The maximum atomic E-state index is 11.7. The topological polar surface area (TPSA) is 70.7 Å². The number of nitrogens with one attached hydrogen (secondary N) is 2. The molecular weight excluding hydrogens is 234 g/mol. The van der Waals surface area contributed by atoms with E-state index in [1.807, 2.05) is 0 Å². The van der Waals surface area contributed by atoms with E-state index in [4.69, 9.17) is 4.74 Å². The van der Waals surface area contributed by atoms with Crippen LogP contribution in [-0.4, -0.2) is 62.7 Å². The van der Waals surface area contributed by atoms with Crippen molar-refractivity contribution < 1.29 is 14.3 Å². The van der Waals surface area contributed by atoms with E-state index >= 15 is 0 Å². The van der Waals surface area contributed by atoms with E-state index in [2.05, 4.69) is 17.2 Å². The van der Waals surface area contributed by atoms with Crippen LogP contribution in [0.2, 0.25) is 0 Å². The van der Waals surface area contributed by atoms with Crippen LogP contribution in [0.25, 0.3) is 0 Å². The Morgan fingerprint density at radius 1 is 1.33 bits per heavy atom. The molecule has 0 aromatic heterocycles. The van der Waals surface area contributed by atoms with E-state index in [1.54, 1.807) is 11.0 Å². The molecule has 0 unspecified atom stereocenters. The Morgan fingerprint density at radius 2 is 2.06 bits per heavy atom. The minimum Gasteiger partial charge on any atom is -0.378 e. The number of hydrogen-bond acceptors (Lipinski definition) is 4. The third-order valence-corrected chi connectivity index (χ3v) is 2.60. The summed E-state index contributed by atoms with van der Waals surface area (Å²) >= 11 is 0. The fourth-order valence-electron chi connectivity index (χ4n) is 1.63. The fourth-order valence-corrected chi connectivity index (χ4v) is 1.63. The number of hydrogen-bond donors (Lipinski definition) is 2. The highest BCUT2D eigenvalue weighted by Crippen LogP contribution is 1.99. The van der Waals surface area contributed by atoms with Gasteiger partial charge in [0.05, 0.1) is 19.8 Å². The Morgan fingerprint density at radius 3 is 2.72 bits per heavy atom. The molecule has 1 fully saturated rings. The molecule has 2 N–H and O–H groups in total. The summed E-state index contributed by atoms with van der Waals surface area (Å²) in [7, 11) is 0. The van der Waals surface area contributed by atoms with Crippen LogP contribution in [0, 0.1) is 0 Å². The second-order valence-electron chi connectivity index (χ2n) is 4.01. The molecule has 6 heteroatoms. The summed E-state index contributed by atoms with van der Waals surface area (Å²) in [6.07, 6.45) is 2.03. The molecule has 0 saturated carbocycles. The van der Waals surface area contributed by atoms with Gasteiger partial charge in [-0.25, -0.2) is 0 Å². The van der Waals surface area contributed by atoms with Crippen molar-refractivity contribution in [3.05, 3.63) is 12.7 Å². The van der Waals surface area contributed by atoms with Gasteiger partial charge in [0.15, 0.2) is 0 Å². The molecule has 6 nitrogen and oxygen atoms in total. The number of nitrogens with zero attached hydrogens (tertiary/aromatic N) is 1. The standard InChI is InChI=1S/C12H21N3O3/c1-2-4-13-10-11(16)14-5-3-12(17)15-6-8-18-9-7-15/h2,13H,1,3-10H2,(H,14,16). The van der Waals surface area contributed by atoms with Crippen molar-refractivity contribution in [3.63, 3.8) is 0 Å². The number of carbonyl (C=O) groups excluding carboxylic acids is 2. The molecule has 1 saturated heterocycles. The first kappa shape index (κ1) is 14.7. The van der Waals surface area contributed by atoms with Crippen LogP contribution in [0.15, 0.2) is 12.7 Å². The van der Waals surface area contributed by atoms with Crippen LogP contribution in [0.4, 0.5) is 0 Å². The Balaban J connectivity index is 2.07. The van der Waals surface area contributed by atoms with E-state index in [0.29, 0.717) is 45.8 Å². The smallest absolute Gasteiger partial charge is 0.233 e. The third-order valence-electron chi connectivity index (χ3n) is 2.60. The maximum Gasteiger partial charge on any atom is 0.233 e. The van der Waals surface area contributed by atoms with E-state index in [1.165, 1.54) is 0 Å². The molecule has 0 aromatic carbocycles. The molecule has 0 radical (unpaired) electrons. The lowest BCUT2D eigenvalue weighted by molar-refractivity contribution is -0.135. The number of morpholine rings is 1. The number of rotatable bonds is 7. The SMILES string of the molecule is C=CCNCC(=O)NCCC(=O)N1CCOCC1. The summed E-state index contributed by atoms with van der Waals surface area (Å²) in [6.45, 7) is 7.26. The van der Waals surface area contributed by atoms with Gasteiger partial charge < -0.3 is 20.3 Å². The Hall–Kier alpha value is -1.40. The van der Waals surface area contributed by atoms with Gasteiger partial charge in [0.1, 0.15) is 0 Å². The second kappa shape index (κ2) is 8.66. The minimum absolute atomic E-state index is 0.0673. The summed E-state index contributed by atoms with van der Waals surface area (Å²) in [5, 5.41) is 5.59. The zero-order chi connectivity index (χ0) is 13.2. The monoisotopic (exact) mass is 255 g/mol. The molecule has 0 atom stereocenters. The summed E-state index contributed by atoms with van der Waals surface area (Å²) < 4.78 is 5.17. The van der Waals surface area contributed by atoms with Crippen molar-refractivity contribution in [1.82, 2.24) is 15.5 Å². The molecule has 2 amide bonds. The number of amides is 2.